The average molecular weight is 377 g/mol. The van der Waals surface area contributed by atoms with Gasteiger partial charge in [-0.2, -0.15) is 0 Å². The number of ether oxygens (including phenoxy) is 1. The largest absolute Gasteiger partial charge is 0.508 e. The SMILES string of the molecule is CC(C)(C)c1ccccc1OCC(=O)Nc1cnc(-c2cccc(O)c2)nc1. The maximum atomic E-state index is 12.2. The first kappa shape index (κ1) is 19.4. The Morgan fingerprint density at radius 3 is 2.46 bits per heavy atom. The number of nitrogens with one attached hydrogen (secondary N) is 1. The summed E-state index contributed by atoms with van der Waals surface area (Å²) in [6.07, 6.45) is 3.04. The molecule has 0 atom stereocenters. The van der Waals surface area contributed by atoms with Crippen molar-refractivity contribution >= 4 is 11.6 Å². The predicted octanol–water partition coefficient (Wildman–Crippen LogP) is 4.16. The number of carbonyl (C=O) groups is 1. The fourth-order valence-electron chi connectivity index (χ4n) is 2.74. The molecule has 2 N–H and O–H groups in total. The normalized spacial score (nSPS) is 11.1. The number of para-hydroxylation sites is 1. The zero-order valence-electron chi connectivity index (χ0n) is 16.1. The highest BCUT2D eigenvalue weighted by molar-refractivity contribution is 5.91. The molecule has 1 aromatic heterocycles. The Balaban J connectivity index is 1.62. The van der Waals surface area contributed by atoms with Gasteiger partial charge in [-0.25, -0.2) is 9.97 Å². The standard InChI is InChI=1S/C22H23N3O3/c1-22(2,3)18-9-4-5-10-19(18)28-14-20(27)25-16-12-23-21(24-13-16)15-7-6-8-17(26)11-15/h4-13,26H,14H2,1-3H3,(H,25,27). The van der Waals surface area contributed by atoms with Crippen LogP contribution in [0.25, 0.3) is 11.4 Å². The number of phenols is 1. The second-order valence-electron chi connectivity index (χ2n) is 7.43. The van der Waals surface area contributed by atoms with E-state index in [1.54, 1.807) is 24.3 Å². The van der Waals surface area contributed by atoms with Crippen LogP contribution in [-0.2, 0) is 10.2 Å². The highest BCUT2D eigenvalue weighted by Crippen LogP contribution is 2.30. The summed E-state index contributed by atoms with van der Waals surface area (Å²) in [6, 6.07) is 14.4. The maximum Gasteiger partial charge on any atom is 0.262 e. The number of rotatable bonds is 5. The van der Waals surface area contributed by atoms with Gasteiger partial charge < -0.3 is 15.2 Å². The number of phenolic OH excluding ortho intramolecular Hbond substituents is 1. The number of aromatic hydroxyl groups is 1. The zero-order chi connectivity index (χ0) is 20.1. The van der Waals surface area contributed by atoms with Crippen molar-refractivity contribution in [2.45, 2.75) is 26.2 Å². The van der Waals surface area contributed by atoms with Crippen molar-refractivity contribution in [2.24, 2.45) is 0 Å². The van der Waals surface area contributed by atoms with Crippen LogP contribution in [0.15, 0.2) is 60.9 Å². The summed E-state index contributed by atoms with van der Waals surface area (Å²) in [5.74, 6) is 1.01. The summed E-state index contributed by atoms with van der Waals surface area (Å²) < 4.78 is 5.72. The smallest absolute Gasteiger partial charge is 0.262 e. The topological polar surface area (TPSA) is 84.3 Å². The molecule has 6 nitrogen and oxygen atoms in total. The number of carbonyl (C=O) groups excluding carboxylic acids is 1. The van der Waals surface area contributed by atoms with Crippen LogP contribution in [-0.4, -0.2) is 27.6 Å². The molecular formula is C22H23N3O3. The Labute approximate surface area is 164 Å². The van der Waals surface area contributed by atoms with Gasteiger partial charge in [-0.3, -0.25) is 4.79 Å². The Kier molecular flexibility index (Phi) is 5.59. The third kappa shape index (κ3) is 4.85. The molecule has 0 aliphatic rings. The van der Waals surface area contributed by atoms with E-state index in [0.717, 1.165) is 5.56 Å². The Morgan fingerprint density at radius 2 is 1.79 bits per heavy atom. The molecular weight excluding hydrogens is 354 g/mol. The summed E-state index contributed by atoms with van der Waals surface area (Å²) in [7, 11) is 0. The fraction of sp³-hybridized carbons (Fsp3) is 0.227. The third-order valence-electron chi connectivity index (χ3n) is 4.09. The molecule has 0 bridgehead atoms. The van der Waals surface area contributed by atoms with E-state index in [9.17, 15) is 9.90 Å². The zero-order valence-corrected chi connectivity index (χ0v) is 16.1. The van der Waals surface area contributed by atoms with E-state index in [-0.39, 0.29) is 23.7 Å². The van der Waals surface area contributed by atoms with Crippen molar-refractivity contribution < 1.29 is 14.6 Å². The van der Waals surface area contributed by atoms with E-state index < -0.39 is 0 Å². The fourth-order valence-corrected chi connectivity index (χ4v) is 2.74. The number of amides is 1. The second kappa shape index (κ2) is 8.08. The molecule has 3 aromatic rings. The average Bonchev–Trinajstić information content (AvgIpc) is 2.66. The van der Waals surface area contributed by atoms with Crippen LogP contribution in [0.5, 0.6) is 11.5 Å². The molecule has 28 heavy (non-hydrogen) atoms. The number of nitrogens with zero attached hydrogens (tertiary/aromatic N) is 2. The summed E-state index contributed by atoms with van der Waals surface area (Å²) in [4.78, 5) is 20.7. The first-order chi connectivity index (χ1) is 13.3. The van der Waals surface area contributed by atoms with Crippen LogP contribution in [0.1, 0.15) is 26.3 Å². The van der Waals surface area contributed by atoms with Gasteiger partial charge in [-0.15, -0.1) is 0 Å². The van der Waals surface area contributed by atoms with E-state index in [1.807, 2.05) is 24.3 Å². The number of aromatic nitrogens is 2. The van der Waals surface area contributed by atoms with Gasteiger partial charge in [0.05, 0.1) is 18.1 Å². The van der Waals surface area contributed by atoms with Crippen LogP contribution in [0.4, 0.5) is 5.69 Å². The van der Waals surface area contributed by atoms with E-state index >= 15 is 0 Å². The molecule has 0 saturated carbocycles. The minimum absolute atomic E-state index is 0.0807. The van der Waals surface area contributed by atoms with Crippen molar-refractivity contribution in [3.63, 3.8) is 0 Å². The molecule has 0 spiro atoms. The number of hydrogen-bond acceptors (Lipinski definition) is 5. The molecule has 0 aliphatic heterocycles. The molecule has 0 saturated heterocycles. The van der Waals surface area contributed by atoms with Crippen LogP contribution in [0.3, 0.4) is 0 Å². The van der Waals surface area contributed by atoms with Gasteiger partial charge in [0.2, 0.25) is 0 Å². The molecule has 0 aliphatic carbocycles. The molecule has 0 unspecified atom stereocenters. The maximum absolute atomic E-state index is 12.2. The van der Waals surface area contributed by atoms with E-state index in [4.69, 9.17) is 4.74 Å². The third-order valence-corrected chi connectivity index (χ3v) is 4.09. The lowest BCUT2D eigenvalue weighted by molar-refractivity contribution is -0.118. The van der Waals surface area contributed by atoms with Gasteiger partial charge in [0, 0.05) is 5.56 Å². The van der Waals surface area contributed by atoms with Crippen LogP contribution in [0.2, 0.25) is 0 Å². The van der Waals surface area contributed by atoms with E-state index in [1.165, 1.54) is 12.4 Å². The minimum atomic E-state index is -0.294. The van der Waals surface area contributed by atoms with Gasteiger partial charge >= 0.3 is 0 Å². The van der Waals surface area contributed by atoms with Crippen molar-refractivity contribution in [3.8, 4) is 22.9 Å². The van der Waals surface area contributed by atoms with Gasteiger partial charge in [-0.1, -0.05) is 51.1 Å². The highest BCUT2D eigenvalue weighted by atomic mass is 16.5. The predicted molar refractivity (Wildman–Crippen MR) is 108 cm³/mol. The molecule has 6 heteroatoms. The highest BCUT2D eigenvalue weighted by Gasteiger charge is 2.19. The second-order valence-corrected chi connectivity index (χ2v) is 7.43. The first-order valence-electron chi connectivity index (χ1n) is 8.96. The minimum Gasteiger partial charge on any atom is -0.508 e. The van der Waals surface area contributed by atoms with Gasteiger partial charge in [-0.05, 0) is 29.2 Å². The summed E-state index contributed by atoms with van der Waals surface area (Å²) in [5.41, 5.74) is 2.13. The molecule has 3 rings (SSSR count). The van der Waals surface area contributed by atoms with Crippen LogP contribution >= 0.6 is 0 Å². The van der Waals surface area contributed by atoms with Gasteiger partial charge in [0.25, 0.3) is 5.91 Å². The van der Waals surface area contributed by atoms with Crippen LogP contribution in [0, 0.1) is 0 Å². The van der Waals surface area contributed by atoms with E-state index in [2.05, 4.69) is 36.1 Å². The van der Waals surface area contributed by atoms with Crippen molar-refractivity contribution in [3.05, 3.63) is 66.5 Å². The van der Waals surface area contributed by atoms with E-state index in [0.29, 0.717) is 22.8 Å². The molecule has 1 amide bonds. The summed E-state index contributed by atoms with van der Waals surface area (Å²) >= 11 is 0. The molecule has 1 heterocycles. The van der Waals surface area contributed by atoms with Crippen molar-refractivity contribution in [1.29, 1.82) is 0 Å². The number of anilines is 1. The Hall–Kier alpha value is -3.41. The van der Waals surface area contributed by atoms with Crippen molar-refractivity contribution in [1.82, 2.24) is 9.97 Å². The lowest BCUT2D eigenvalue weighted by atomic mass is 9.86. The molecule has 0 fully saturated rings. The summed E-state index contributed by atoms with van der Waals surface area (Å²) in [5, 5.41) is 12.3. The molecule has 0 radical (unpaired) electrons. The lowest BCUT2D eigenvalue weighted by Gasteiger charge is -2.22. The number of benzene rings is 2. The molecule has 144 valence electrons. The number of hydrogen-bond donors (Lipinski definition) is 2. The lowest BCUT2D eigenvalue weighted by Crippen LogP contribution is -2.22. The quantitative estimate of drug-likeness (QED) is 0.697. The Bertz CT molecular complexity index is 963. The Morgan fingerprint density at radius 1 is 1.07 bits per heavy atom. The first-order valence-corrected chi connectivity index (χ1v) is 8.96. The van der Waals surface area contributed by atoms with Crippen LogP contribution < -0.4 is 10.1 Å². The molecule has 2 aromatic carbocycles. The summed E-state index contributed by atoms with van der Waals surface area (Å²) in [6.45, 7) is 6.18. The monoisotopic (exact) mass is 377 g/mol. The van der Waals surface area contributed by atoms with Gasteiger partial charge in [0.1, 0.15) is 11.5 Å². The van der Waals surface area contributed by atoms with Gasteiger partial charge in [0.15, 0.2) is 12.4 Å². The van der Waals surface area contributed by atoms with Crippen molar-refractivity contribution in [2.75, 3.05) is 11.9 Å².